The van der Waals surface area contributed by atoms with Crippen molar-refractivity contribution in [1.82, 2.24) is 0 Å². The summed E-state index contributed by atoms with van der Waals surface area (Å²) in [6.07, 6.45) is -0.747. The van der Waals surface area contributed by atoms with Crippen molar-refractivity contribution in [2.45, 2.75) is 20.0 Å². The maximum absolute atomic E-state index is 12.2. The second-order valence-corrected chi connectivity index (χ2v) is 5.88. The first-order valence-corrected chi connectivity index (χ1v) is 7.64. The number of benzene rings is 2. The highest BCUT2D eigenvalue weighted by Gasteiger charge is 2.17. The van der Waals surface area contributed by atoms with Crippen LogP contribution in [0.15, 0.2) is 46.9 Å². The van der Waals surface area contributed by atoms with E-state index in [0.29, 0.717) is 11.4 Å². The van der Waals surface area contributed by atoms with E-state index in [9.17, 15) is 14.9 Å². The number of nitro benzene ring substituents is 1. The molecule has 6 nitrogen and oxygen atoms in total. The molecule has 23 heavy (non-hydrogen) atoms. The van der Waals surface area contributed by atoms with Crippen molar-refractivity contribution >= 4 is 33.2 Å². The summed E-state index contributed by atoms with van der Waals surface area (Å²) < 4.78 is 6.42. The molecule has 7 heteroatoms. The maximum Gasteiger partial charge on any atom is 0.271 e. The molecule has 0 radical (unpaired) electrons. The minimum atomic E-state index is -0.747. The molecule has 1 atom stereocenters. The number of anilines is 1. The van der Waals surface area contributed by atoms with Gasteiger partial charge in [0.1, 0.15) is 5.75 Å². The second kappa shape index (κ2) is 7.23. The number of hydrogen-bond acceptors (Lipinski definition) is 4. The molecule has 1 N–H and O–H groups in total. The Kier molecular flexibility index (Phi) is 5.33. The molecular weight excluding hydrogens is 364 g/mol. The van der Waals surface area contributed by atoms with Gasteiger partial charge >= 0.3 is 0 Å². The molecule has 0 aromatic heterocycles. The van der Waals surface area contributed by atoms with E-state index < -0.39 is 11.0 Å². The lowest BCUT2D eigenvalue weighted by molar-refractivity contribution is -0.384. The fourth-order valence-corrected chi connectivity index (χ4v) is 2.27. The highest BCUT2D eigenvalue weighted by molar-refractivity contribution is 9.10. The molecule has 0 saturated carbocycles. The third-order valence-corrected chi connectivity index (χ3v) is 3.66. The Hall–Kier alpha value is -2.41. The van der Waals surface area contributed by atoms with Gasteiger partial charge in [-0.15, -0.1) is 0 Å². The van der Waals surface area contributed by atoms with Crippen LogP contribution in [0.2, 0.25) is 0 Å². The van der Waals surface area contributed by atoms with E-state index in [1.165, 1.54) is 12.1 Å². The topological polar surface area (TPSA) is 81.5 Å². The minimum Gasteiger partial charge on any atom is -0.481 e. The first kappa shape index (κ1) is 17.0. The van der Waals surface area contributed by atoms with E-state index >= 15 is 0 Å². The highest BCUT2D eigenvalue weighted by atomic mass is 79.9. The molecule has 0 aliphatic carbocycles. The van der Waals surface area contributed by atoms with Gasteiger partial charge in [0.2, 0.25) is 0 Å². The minimum absolute atomic E-state index is 0.0774. The smallest absolute Gasteiger partial charge is 0.271 e. The van der Waals surface area contributed by atoms with Crippen LogP contribution in [-0.4, -0.2) is 16.9 Å². The third kappa shape index (κ3) is 4.53. The van der Waals surface area contributed by atoms with E-state index in [1.54, 1.807) is 38.1 Å². The molecule has 0 aliphatic heterocycles. The Labute approximate surface area is 141 Å². The van der Waals surface area contributed by atoms with Crippen molar-refractivity contribution in [2.75, 3.05) is 5.32 Å². The highest BCUT2D eigenvalue weighted by Crippen LogP contribution is 2.23. The van der Waals surface area contributed by atoms with Crippen molar-refractivity contribution in [3.8, 4) is 5.75 Å². The number of carbonyl (C=O) groups is 1. The van der Waals surface area contributed by atoms with Crippen molar-refractivity contribution in [3.05, 3.63) is 62.6 Å². The summed E-state index contributed by atoms with van der Waals surface area (Å²) in [6, 6.07) is 11.5. The van der Waals surface area contributed by atoms with E-state index in [2.05, 4.69) is 21.2 Å². The number of nitro groups is 1. The SMILES string of the molecule is Cc1ccc([N+](=O)[O-])cc1NC(=O)[C@H](C)Oc1cccc(Br)c1. The lowest BCUT2D eigenvalue weighted by atomic mass is 10.1. The van der Waals surface area contributed by atoms with Gasteiger partial charge in [0, 0.05) is 16.6 Å². The van der Waals surface area contributed by atoms with Crippen LogP contribution in [0.5, 0.6) is 5.75 Å². The number of aryl methyl sites for hydroxylation is 1. The normalized spacial score (nSPS) is 11.6. The predicted molar refractivity (Wildman–Crippen MR) is 90.7 cm³/mol. The first-order chi connectivity index (χ1) is 10.9. The van der Waals surface area contributed by atoms with Gasteiger partial charge in [0.15, 0.2) is 6.10 Å². The van der Waals surface area contributed by atoms with Gasteiger partial charge in [-0.1, -0.05) is 28.1 Å². The number of ether oxygens (including phenoxy) is 1. The molecule has 1 amide bonds. The zero-order valence-electron chi connectivity index (χ0n) is 12.6. The van der Waals surface area contributed by atoms with Gasteiger partial charge in [-0.25, -0.2) is 0 Å². The summed E-state index contributed by atoms with van der Waals surface area (Å²) in [5, 5.41) is 13.5. The van der Waals surface area contributed by atoms with Crippen molar-refractivity contribution < 1.29 is 14.5 Å². The Balaban J connectivity index is 2.09. The zero-order valence-corrected chi connectivity index (χ0v) is 14.2. The summed E-state index contributed by atoms with van der Waals surface area (Å²) in [6.45, 7) is 3.38. The van der Waals surface area contributed by atoms with Gasteiger partial charge < -0.3 is 10.1 Å². The lowest BCUT2D eigenvalue weighted by Gasteiger charge is -2.15. The molecule has 0 spiro atoms. The van der Waals surface area contributed by atoms with Crippen LogP contribution in [0.3, 0.4) is 0 Å². The Morgan fingerprint density at radius 1 is 1.30 bits per heavy atom. The van der Waals surface area contributed by atoms with Crippen molar-refractivity contribution in [1.29, 1.82) is 0 Å². The summed E-state index contributed by atoms with van der Waals surface area (Å²) in [5.74, 6) is 0.173. The quantitative estimate of drug-likeness (QED) is 0.627. The third-order valence-electron chi connectivity index (χ3n) is 3.17. The number of hydrogen-bond donors (Lipinski definition) is 1. The average molecular weight is 379 g/mol. The molecule has 2 aromatic carbocycles. The fraction of sp³-hybridized carbons (Fsp3) is 0.188. The van der Waals surface area contributed by atoms with Crippen LogP contribution in [0.1, 0.15) is 12.5 Å². The predicted octanol–water partition coefficient (Wildman–Crippen LogP) is 4.07. The average Bonchev–Trinajstić information content (AvgIpc) is 2.49. The number of carbonyl (C=O) groups excluding carboxylic acids is 1. The van der Waals surface area contributed by atoms with Crippen LogP contribution >= 0.6 is 15.9 Å². The zero-order chi connectivity index (χ0) is 17.0. The van der Waals surface area contributed by atoms with Crippen molar-refractivity contribution in [2.24, 2.45) is 0 Å². The number of nitrogens with one attached hydrogen (secondary N) is 1. The molecule has 120 valence electrons. The molecule has 0 bridgehead atoms. The number of nitrogens with zero attached hydrogens (tertiary/aromatic N) is 1. The van der Waals surface area contributed by atoms with Gasteiger partial charge in [0.05, 0.1) is 10.6 Å². The summed E-state index contributed by atoms with van der Waals surface area (Å²) in [5.41, 5.74) is 1.05. The second-order valence-electron chi connectivity index (χ2n) is 4.96. The van der Waals surface area contributed by atoms with Crippen LogP contribution < -0.4 is 10.1 Å². The molecule has 0 aliphatic rings. The lowest BCUT2D eigenvalue weighted by Crippen LogP contribution is -2.30. The summed E-state index contributed by atoms with van der Waals surface area (Å²) >= 11 is 3.33. The molecule has 0 heterocycles. The molecule has 2 rings (SSSR count). The van der Waals surface area contributed by atoms with Crippen LogP contribution in [0, 0.1) is 17.0 Å². The summed E-state index contributed by atoms with van der Waals surface area (Å²) in [4.78, 5) is 22.5. The number of rotatable bonds is 5. The Morgan fingerprint density at radius 3 is 2.70 bits per heavy atom. The number of amides is 1. The van der Waals surface area contributed by atoms with Gasteiger partial charge in [-0.05, 0) is 37.6 Å². The van der Waals surface area contributed by atoms with E-state index in [1.807, 2.05) is 6.07 Å². The summed E-state index contributed by atoms with van der Waals surface area (Å²) in [7, 11) is 0. The van der Waals surface area contributed by atoms with E-state index in [4.69, 9.17) is 4.74 Å². The monoisotopic (exact) mass is 378 g/mol. The molecule has 0 unspecified atom stereocenters. The van der Waals surface area contributed by atoms with E-state index in [-0.39, 0.29) is 11.6 Å². The molecule has 0 saturated heterocycles. The largest absolute Gasteiger partial charge is 0.481 e. The first-order valence-electron chi connectivity index (χ1n) is 6.85. The number of halogens is 1. The maximum atomic E-state index is 12.2. The standard InChI is InChI=1S/C16H15BrN2O4/c1-10-6-7-13(19(21)22)9-15(10)18-16(20)11(2)23-14-5-3-4-12(17)8-14/h3-9,11H,1-2H3,(H,18,20)/t11-/m0/s1. The van der Waals surface area contributed by atoms with Crippen LogP contribution in [0.4, 0.5) is 11.4 Å². The van der Waals surface area contributed by atoms with Crippen LogP contribution in [0.25, 0.3) is 0 Å². The van der Waals surface area contributed by atoms with Crippen molar-refractivity contribution in [3.63, 3.8) is 0 Å². The fourth-order valence-electron chi connectivity index (χ4n) is 1.89. The number of non-ortho nitro benzene ring substituents is 1. The van der Waals surface area contributed by atoms with Gasteiger partial charge in [-0.3, -0.25) is 14.9 Å². The Bertz CT molecular complexity index is 749. The van der Waals surface area contributed by atoms with Crippen LogP contribution in [-0.2, 0) is 4.79 Å². The molecule has 2 aromatic rings. The van der Waals surface area contributed by atoms with Gasteiger partial charge in [0.25, 0.3) is 11.6 Å². The van der Waals surface area contributed by atoms with E-state index in [0.717, 1.165) is 10.0 Å². The Morgan fingerprint density at radius 2 is 2.04 bits per heavy atom. The molecular formula is C16H15BrN2O4. The molecule has 0 fully saturated rings. The van der Waals surface area contributed by atoms with Gasteiger partial charge in [-0.2, -0.15) is 0 Å².